The second-order valence-corrected chi connectivity index (χ2v) is 5.23. The highest BCUT2D eigenvalue weighted by Gasteiger charge is 2.43. The molecule has 21 heavy (non-hydrogen) atoms. The van der Waals surface area contributed by atoms with Crippen molar-refractivity contribution in [1.29, 1.82) is 0 Å². The molecule has 5 nitrogen and oxygen atoms in total. The van der Waals surface area contributed by atoms with E-state index in [1.807, 2.05) is 6.92 Å². The number of benzene rings is 1. The molecule has 1 unspecified atom stereocenters. The summed E-state index contributed by atoms with van der Waals surface area (Å²) in [4.78, 5) is 36.2. The topological polar surface area (TPSA) is 69.7 Å². The summed E-state index contributed by atoms with van der Waals surface area (Å²) in [5.41, 5.74) is 0.479. The highest BCUT2D eigenvalue weighted by atomic mass is 16.6. The van der Waals surface area contributed by atoms with Crippen LogP contribution in [0.15, 0.2) is 18.2 Å². The van der Waals surface area contributed by atoms with E-state index in [1.165, 1.54) is 0 Å². The van der Waals surface area contributed by atoms with Gasteiger partial charge in [-0.3, -0.25) is 14.4 Å². The SMILES string of the molecule is CCCOc1cccc2c1C(=O)C(OC(=O)C(C)C)C2=O. The number of ether oxygens (including phenoxy) is 2. The first-order chi connectivity index (χ1) is 9.97. The Bertz CT molecular complexity index is 588. The van der Waals surface area contributed by atoms with Crippen LogP contribution in [0.25, 0.3) is 0 Å². The standard InChI is InChI=1S/C16H18O5/c1-4-8-20-11-7-5-6-10-12(11)14(18)15(13(10)17)21-16(19)9(2)3/h5-7,9,15H,4,8H2,1-3H3. The summed E-state index contributed by atoms with van der Waals surface area (Å²) >= 11 is 0. The monoisotopic (exact) mass is 290 g/mol. The molecule has 0 aliphatic heterocycles. The van der Waals surface area contributed by atoms with Crippen LogP contribution in [-0.2, 0) is 9.53 Å². The Labute approximate surface area is 123 Å². The average Bonchev–Trinajstić information content (AvgIpc) is 2.70. The number of carbonyl (C=O) groups excluding carboxylic acids is 3. The minimum atomic E-state index is -1.37. The van der Waals surface area contributed by atoms with E-state index in [9.17, 15) is 14.4 Å². The van der Waals surface area contributed by atoms with Crippen LogP contribution in [0.2, 0.25) is 0 Å². The maximum absolute atomic E-state index is 12.4. The lowest BCUT2D eigenvalue weighted by atomic mass is 10.1. The number of esters is 1. The molecular formula is C16H18O5. The predicted octanol–water partition coefficient (Wildman–Crippen LogP) is 2.42. The van der Waals surface area contributed by atoms with Gasteiger partial charge >= 0.3 is 5.97 Å². The summed E-state index contributed by atoms with van der Waals surface area (Å²) in [6, 6.07) is 4.85. The average molecular weight is 290 g/mol. The van der Waals surface area contributed by atoms with E-state index in [2.05, 4.69) is 0 Å². The lowest BCUT2D eigenvalue weighted by Gasteiger charge is -2.11. The van der Waals surface area contributed by atoms with Crippen molar-refractivity contribution in [2.24, 2.45) is 5.92 Å². The highest BCUT2D eigenvalue weighted by molar-refractivity contribution is 6.30. The van der Waals surface area contributed by atoms with Gasteiger partial charge in [-0.2, -0.15) is 0 Å². The van der Waals surface area contributed by atoms with Gasteiger partial charge in [0.1, 0.15) is 5.75 Å². The predicted molar refractivity (Wildman–Crippen MR) is 75.6 cm³/mol. The van der Waals surface area contributed by atoms with Gasteiger partial charge in [-0.05, 0) is 12.5 Å². The Kier molecular flexibility index (Phi) is 4.40. The molecule has 1 aliphatic carbocycles. The number of hydrogen-bond acceptors (Lipinski definition) is 5. The maximum atomic E-state index is 12.4. The van der Waals surface area contributed by atoms with Crippen LogP contribution in [0.4, 0.5) is 0 Å². The van der Waals surface area contributed by atoms with Crippen LogP contribution in [0.5, 0.6) is 5.75 Å². The van der Waals surface area contributed by atoms with Gasteiger partial charge in [0, 0.05) is 5.56 Å². The zero-order chi connectivity index (χ0) is 15.6. The fourth-order valence-electron chi connectivity index (χ4n) is 2.07. The molecule has 1 aliphatic rings. The van der Waals surface area contributed by atoms with Crippen molar-refractivity contribution in [3.05, 3.63) is 29.3 Å². The zero-order valence-electron chi connectivity index (χ0n) is 12.3. The van der Waals surface area contributed by atoms with E-state index < -0.39 is 29.6 Å². The van der Waals surface area contributed by atoms with Gasteiger partial charge in [-0.25, -0.2) is 0 Å². The molecule has 0 bridgehead atoms. The molecule has 1 aromatic carbocycles. The molecule has 0 heterocycles. The van der Waals surface area contributed by atoms with Gasteiger partial charge in [0.15, 0.2) is 0 Å². The highest BCUT2D eigenvalue weighted by Crippen LogP contribution is 2.32. The molecule has 0 aromatic heterocycles. The van der Waals surface area contributed by atoms with Crippen molar-refractivity contribution in [1.82, 2.24) is 0 Å². The minimum absolute atomic E-state index is 0.220. The lowest BCUT2D eigenvalue weighted by Crippen LogP contribution is -2.30. The molecule has 0 amide bonds. The second-order valence-electron chi connectivity index (χ2n) is 5.23. The number of rotatable bonds is 5. The van der Waals surface area contributed by atoms with Crippen molar-refractivity contribution in [2.45, 2.75) is 33.3 Å². The molecular weight excluding hydrogens is 272 g/mol. The zero-order valence-corrected chi connectivity index (χ0v) is 12.3. The summed E-state index contributed by atoms with van der Waals surface area (Å²) in [5, 5.41) is 0. The quantitative estimate of drug-likeness (QED) is 0.615. The van der Waals surface area contributed by atoms with Gasteiger partial charge in [-0.1, -0.05) is 32.9 Å². The molecule has 0 saturated heterocycles. The fraction of sp³-hybridized carbons (Fsp3) is 0.438. The number of Topliss-reactive ketones (excluding diaryl/α,β-unsaturated/α-hetero) is 2. The maximum Gasteiger partial charge on any atom is 0.309 e. The van der Waals surface area contributed by atoms with E-state index in [4.69, 9.17) is 9.47 Å². The number of hydrogen-bond donors (Lipinski definition) is 0. The molecule has 112 valence electrons. The summed E-state index contributed by atoms with van der Waals surface area (Å²) in [6.45, 7) is 5.70. The first-order valence-electron chi connectivity index (χ1n) is 7.02. The number of ketones is 2. The number of fused-ring (bicyclic) bond motifs is 1. The number of carbonyl (C=O) groups is 3. The first kappa shape index (κ1) is 15.2. The Hall–Kier alpha value is -2.17. The molecule has 0 saturated carbocycles. The normalized spacial score (nSPS) is 17.0. The van der Waals surface area contributed by atoms with Gasteiger partial charge < -0.3 is 9.47 Å². The van der Waals surface area contributed by atoms with E-state index in [0.717, 1.165) is 6.42 Å². The molecule has 0 radical (unpaired) electrons. The summed E-state index contributed by atoms with van der Waals surface area (Å²) < 4.78 is 10.5. The van der Waals surface area contributed by atoms with Gasteiger partial charge in [0.25, 0.3) is 0 Å². The third-order valence-corrected chi connectivity index (χ3v) is 3.18. The largest absolute Gasteiger partial charge is 0.493 e. The van der Waals surface area contributed by atoms with Crippen LogP contribution < -0.4 is 4.74 Å². The van der Waals surface area contributed by atoms with E-state index in [0.29, 0.717) is 12.4 Å². The smallest absolute Gasteiger partial charge is 0.309 e. The summed E-state index contributed by atoms with van der Waals surface area (Å²) in [6.07, 6.45) is -0.585. The van der Waals surface area contributed by atoms with Crippen molar-refractivity contribution < 1.29 is 23.9 Å². The first-order valence-corrected chi connectivity index (χ1v) is 7.02. The van der Waals surface area contributed by atoms with E-state index in [-0.39, 0.29) is 11.1 Å². The molecule has 0 N–H and O–H groups in total. The molecule has 5 heteroatoms. The Morgan fingerprint density at radius 3 is 2.57 bits per heavy atom. The Morgan fingerprint density at radius 1 is 1.24 bits per heavy atom. The molecule has 1 atom stereocenters. The molecule has 0 spiro atoms. The van der Waals surface area contributed by atoms with Crippen LogP contribution in [0.1, 0.15) is 47.9 Å². The van der Waals surface area contributed by atoms with E-state index >= 15 is 0 Å². The van der Waals surface area contributed by atoms with Gasteiger partial charge in [0.2, 0.25) is 17.7 Å². The lowest BCUT2D eigenvalue weighted by molar-refractivity contribution is -0.148. The third kappa shape index (κ3) is 2.82. The van der Waals surface area contributed by atoms with Crippen LogP contribution in [0, 0.1) is 5.92 Å². The van der Waals surface area contributed by atoms with Gasteiger partial charge in [-0.15, -0.1) is 0 Å². The molecule has 0 fully saturated rings. The fourth-order valence-corrected chi connectivity index (χ4v) is 2.07. The van der Waals surface area contributed by atoms with Crippen molar-refractivity contribution in [3.8, 4) is 5.75 Å². The third-order valence-electron chi connectivity index (χ3n) is 3.18. The Balaban J connectivity index is 2.31. The van der Waals surface area contributed by atoms with E-state index in [1.54, 1.807) is 32.0 Å². The molecule has 2 rings (SSSR count). The second kappa shape index (κ2) is 6.08. The van der Waals surface area contributed by atoms with Crippen LogP contribution in [-0.4, -0.2) is 30.2 Å². The van der Waals surface area contributed by atoms with Crippen molar-refractivity contribution in [3.63, 3.8) is 0 Å². The summed E-state index contributed by atoms with van der Waals surface area (Å²) in [5.74, 6) is -1.58. The Morgan fingerprint density at radius 2 is 1.95 bits per heavy atom. The molecule has 1 aromatic rings. The van der Waals surface area contributed by atoms with Crippen LogP contribution >= 0.6 is 0 Å². The summed E-state index contributed by atoms with van der Waals surface area (Å²) in [7, 11) is 0. The van der Waals surface area contributed by atoms with Crippen molar-refractivity contribution in [2.75, 3.05) is 6.61 Å². The van der Waals surface area contributed by atoms with Crippen molar-refractivity contribution >= 4 is 17.5 Å². The minimum Gasteiger partial charge on any atom is -0.493 e. The van der Waals surface area contributed by atoms with Gasteiger partial charge in [0.05, 0.1) is 18.1 Å². The van der Waals surface area contributed by atoms with Crippen LogP contribution in [0.3, 0.4) is 0 Å².